The molecule has 1 aromatic carbocycles. The van der Waals surface area contributed by atoms with E-state index in [1.807, 2.05) is 4.90 Å². The van der Waals surface area contributed by atoms with Crippen molar-refractivity contribution in [3.63, 3.8) is 0 Å². The number of thiazole rings is 1. The van der Waals surface area contributed by atoms with E-state index in [1.165, 1.54) is 30.5 Å². The summed E-state index contributed by atoms with van der Waals surface area (Å²) < 4.78 is 7.41. The van der Waals surface area contributed by atoms with Gasteiger partial charge in [-0.2, -0.15) is 0 Å². The van der Waals surface area contributed by atoms with Gasteiger partial charge in [0.1, 0.15) is 0 Å². The smallest absolute Gasteiger partial charge is 0.317 e. The predicted molar refractivity (Wildman–Crippen MR) is 126 cm³/mol. The van der Waals surface area contributed by atoms with Crippen molar-refractivity contribution in [2.75, 3.05) is 26.8 Å². The maximum Gasteiger partial charge on any atom is 0.317 e. The Kier molecular flexibility index (Phi) is 7.25. The minimum Gasteiger partial charge on any atom is -0.383 e. The first-order chi connectivity index (χ1) is 15.1. The quantitative estimate of drug-likeness (QED) is 0.542. The molecule has 1 N–H and O–H groups in total. The molecule has 0 spiro atoms. The summed E-state index contributed by atoms with van der Waals surface area (Å²) in [5.74, 6) is 0. The summed E-state index contributed by atoms with van der Waals surface area (Å²) in [6.45, 7) is 3.89. The minimum atomic E-state index is 0.0291. The number of urea groups is 1. The van der Waals surface area contributed by atoms with Gasteiger partial charge >= 0.3 is 6.03 Å². The number of methoxy groups -OCH3 is 1. The van der Waals surface area contributed by atoms with E-state index in [0.717, 1.165) is 35.5 Å². The van der Waals surface area contributed by atoms with Gasteiger partial charge < -0.3 is 15.0 Å². The topological polar surface area (TPSA) is 58.9 Å². The van der Waals surface area contributed by atoms with Crippen LogP contribution in [-0.2, 0) is 11.2 Å². The van der Waals surface area contributed by atoms with Crippen LogP contribution in [0.4, 0.5) is 4.79 Å². The van der Waals surface area contributed by atoms with Gasteiger partial charge in [0.05, 0.1) is 12.3 Å². The van der Waals surface area contributed by atoms with Gasteiger partial charge in [-0.1, -0.05) is 49.1 Å². The lowest BCUT2D eigenvalue weighted by Gasteiger charge is -2.28. The van der Waals surface area contributed by atoms with Crippen molar-refractivity contribution in [3.05, 3.63) is 47.1 Å². The molecule has 7 heteroatoms. The van der Waals surface area contributed by atoms with E-state index >= 15 is 0 Å². The lowest BCUT2D eigenvalue weighted by molar-refractivity contribution is 0.146. The third-order valence-electron chi connectivity index (χ3n) is 6.05. The van der Waals surface area contributed by atoms with E-state index in [0.29, 0.717) is 25.7 Å². The van der Waals surface area contributed by atoms with Crippen molar-refractivity contribution in [2.24, 2.45) is 0 Å². The molecule has 166 valence electrons. The molecule has 1 aliphatic carbocycles. The fourth-order valence-electron chi connectivity index (χ4n) is 4.15. The molecule has 3 aromatic rings. The van der Waals surface area contributed by atoms with Gasteiger partial charge in [-0.05, 0) is 19.8 Å². The first-order valence-electron chi connectivity index (χ1n) is 11.2. The zero-order valence-electron chi connectivity index (χ0n) is 18.5. The first kappa shape index (κ1) is 21.8. The van der Waals surface area contributed by atoms with E-state index in [2.05, 4.69) is 52.5 Å². The largest absolute Gasteiger partial charge is 0.383 e. The number of amides is 2. The van der Waals surface area contributed by atoms with Gasteiger partial charge in [-0.25, -0.2) is 9.78 Å². The molecule has 0 unspecified atom stereocenters. The molecule has 1 fully saturated rings. The third kappa shape index (κ3) is 5.46. The third-order valence-corrected chi connectivity index (χ3v) is 6.94. The van der Waals surface area contributed by atoms with Crippen molar-refractivity contribution in [1.82, 2.24) is 19.6 Å². The lowest BCUT2D eigenvalue weighted by atomic mass is 9.96. The normalized spacial score (nSPS) is 14.8. The highest BCUT2D eigenvalue weighted by atomic mass is 32.1. The van der Waals surface area contributed by atoms with Crippen LogP contribution in [0.5, 0.6) is 0 Å². The number of nitrogens with zero attached hydrogens (tertiary/aromatic N) is 3. The van der Waals surface area contributed by atoms with Crippen LogP contribution in [0.3, 0.4) is 0 Å². The van der Waals surface area contributed by atoms with Crippen molar-refractivity contribution in [1.29, 1.82) is 0 Å². The number of aromatic nitrogens is 2. The number of rotatable bonds is 8. The van der Waals surface area contributed by atoms with Crippen LogP contribution in [0, 0.1) is 6.92 Å². The van der Waals surface area contributed by atoms with Gasteiger partial charge in [0, 0.05) is 55.5 Å². The molecule has 0 atom stereocenters. The maximum atomic E-state index is 12.9. The molecule has 2 heterocycles. The number of hydrogen-bond acceptors (Lipinski definition) is 4. The minimum absolute atomic E-state index is 0.0291. The van der Waals surface area contributed by atoms with Crippen molar-refractivity contribution >= 4 is 22.3 Å². The van der Waals surface area contributed by atoms with Crippen molar-refractivity contribution in [2.45, 2.75) is 51.5 Å². The summed E-state index contributed by atoms with van der Waals surface area (Å²) >= 11 is 1.65. The van der Waals surface area contributed by atoms with Gasteiger partial charge in [0.2, 0.25) is 0 Å². The van der Waals surface area contributed by atoms with Crippen molar-refractivity contribution in [3.8, 4) is 11.3 Å². The van der Waals surface area contributed by atoms with Crippen LogP contribution < -0.4 is 5.32 Å². The van der Waals surface area contributed by atoms with E-state index < -0.39 is 0 Å². The molecule has 0 bridgehead atoms. The number of carbonyl (C=O) groups is 1. The second-order valence-corrected chi connectivity index (χ2v) is 9.22. The summed E-state index contributed by atoms with van der Waals surface area (Å²) in [5, 5.41) is 5.39. The summed E-state index contributed by atoms with van der Waals surface area (Å²) in [7, 11) is 1.68. The van der Waals surface area contributed by atoms with Gasteiger partial charge in [0.15, 0.2) is 4.96 Å². The molecule has 2 aromatic heterocycles. The highest BCUT2D eigenvalue weighted by molar-refractivity contribution is 7.15. The van der Waals surface area contributed by atoms with E-state index in [4.69, 9.17) is 9.72 Å². The molecule has 1 aliphatic rings. The fraction of sp³-hybridized carbons (Fsp3) is 0.500. The Labute approximate surface area is 188 Å². The molecule has 4 rings (SSSR count). The first-order valence-corrected chi connectivity index (χ1v) is 12.1. The van der Waals surface area contributed by atoms with Crippen LogP contribution >= 0.6 is 11.3 Å². The monoisotopic (exact) mass is 440 g/mol. The Bertz CT molecular complexity index is 989. The van der Waals surface area contributed by atoms with Crippen LogP contribution in [0.25, 0.3) is 16.2 Å². The van der Waals surface area contributed by atoms with Gasteiger partial charge in [-0.15, -0.1) is 11.3 Å². The van der Waals surface area contributed by atoms with Gasteiger partial charge in [0.25, 0.3) is 0 Å². The molecule has 1 saturated carbocycles. The SMILES string of the molecule is COCCN(CCc1csc2nc(-c3ccc(C)cc3)cn12)C(=O)NC1CCCCC1. The number of nitrogens with one attached hydrogen (secondary N) is 1. The summed E-state index contributed by atoms with van der Waals surface area (Å²) in [6, 6.07) is 8.80. The van der Waals surface area contributed by atoms with Crippen molar-refractivity contribution < 1.29 is 9.53 Å². The molecular formula is C24H32N4O2S. The molecular weight excluding hydrogens is 408 g/mol. The number of aryl methyl sites for hydroxylation is 1. The molecule has 0 aliphatic heterocycles. The van der Waals surface area contributed by atoms with E-state index in [-0.39, 0.29) is 6.03 Å². The lowest BCUT2D eigenvalue weighted by Crippen LogP contribution is -2.47. The predicted octanol–water partition coefficient (Wildman–Crippen LogP) is 4.90. The zero-order chi connectivity index (χ0) is 21.6. The fourth-order valence-corrected chi connectivity index (χ4v) is 5.06. The van der Waals surface area contributed by atoms with Gasteiger partial charge in [-0.3, -0.25) is 4.40 Å². The molecule has 0 radical (unpaired) electrons. The summed E-state index contributed by atoms with van der Waals surface area (Å²) in [4.78, 5) is 20.6. The Hall–Kier alpha value is -2.38. The second kappa shape index (κ2) is 10.3. The summed E-state index contributed by atoms with van der Waals surface area (Å²) in [6.07, 6.45) is 8.76. The van der Waals surface area contributed by atoms with E-state index in [9.17, 15) is 4.79 Å². The van der Waals surface area contributed by atoms with Crippen LogP contribution in [0.2, 0.25) is 0 Å². The molecule has 6 nitrogen and oxygen atoms in total. The standard InChI is InChI=1S/C24H32N4O2S/c1-18-8-10-19(11-9-18)22-16-28-21(17-31-24(28)26-22)12-13-27(14-15-30-2)23(29)25-20-6-4-3-5-7-20/h8-11,16-17,20H,3-7,12-15H2,1-2H3,(H,25,29). The average molecular weight is 441 g/mol. The number of carbonyl (C=O) groups excluding carboxylic acids is 1. The number of imidazole rings is 1. The van der Waals surface area contributed by atoms with E-state index in [1.54, 1.807) is 18.4 Å². The number of fused-ring (bicyclic) bond motifs is 1. The average Bonchev–Trinajstić information content (AvgIpc) is 3.36. The number of ether oxygens (including phenoxy) is 1. The maximum absolute atomic E-state index is 12.9. The Morgan fingerprint density at radius 2 is 2.00 bits per heavy atom. The molecule has 2 amide bonds. The molecule has 0 saturated heterocycles. The number of hydrogen-bond donors (Lipinski definition) is 1. The number of benzene rings is 1. The Morgan fingerprint density at radius 3 is 2.74 bits per heavy atom. The highest BCUT2D eigenvalue weighted by Gasteiger charge is 2.20. The Balaban J connectivity index is 1.43. The zero-order valence-corrected chi connectivity index (χ0v) is 19.3. The van der Waals surface area contributed by atoms with Crippen LogP contribution in [0.15, 0.2) is 35.8 Å². The van der Waals surface area contributed by atoms with Crippen LogP contribution in [0.1, 0.15) is 43.4 Å². The second-order valence-electron chi connectivity index (χ2n) is 8.39. The highest BCUT2D eigenvalue weighted by Crippen LogP contribution is 2.24. The Morgan fingerprint density at radius 1 is 1.23 bits per heavy atom. The van der Waals surface area contributed by atoms with Crippen LogP contribution in [-0.4, -0.2) is 53.2 Å². The molecule has 31 heavy (non-hydrogen) atoms. The summed E-state index contributed by atoms with van der Waals surface area (Å²) in [5.41, 5.74) is 4.53.